The molecule has 2 aliphatic rings. The van der Waals surface area contributed by atoms with Crippen LogP contribution in [-0.2, 0) is 61.6 Å². The molecule has 0 radical (unpaired) electrons. The van der Waals surface area contributed by atoms with Crippen molar-refractivity contribution in [3.8, 4) is 0 Å². The second-order valence-corrected chi connectivity index (χ2v) is 27.2. The minimum absolute atomic E-state index is 0. The Morgan fingerprint density at radius 3 is 0.902 bits per heavy atom. The topological polar surface area (TPSA) is 0 Å². The summed E-state index contributed by atoms with van der Waals surface area (Å²) in [5, 5.41) is 11.1. The Bertz CT molecular complexity index is 3620. The van der Waals surface area contributed by atoms with Gasteiger partial charge in [0.15, 0.2) is 0 Å². The van der Waals surface area contributed by atoms with Crippen LogP contribution in [0.4, 0.5) is 0 Å². The van der Waals surface area contributed by atoms with Crippen molar-refractivity contribution in [1.82, 2.24) is 0 Å². The predicted molar refractivity (Wildman–Crippen MR) is 345 cm³/mol. The summed E-state index contributed by atoms with van der Waals surface area (Å²) < 4.78 is 2.65. The third kappa shape index (κ3) is 14.7. The molecule has 0 saturated heterocycles. The van der Waals surface area contributed by atoms with Crippen LogP contribution < -0.4 is 24.8 Å². The quantitative estimate of drug-likeness (QED) is 0.115. The van der Waals surface area contributed by atoms with Crippen LogP contribution in [-0.4, -0.2) is 7.62 Å². The minimum atomic E-state index is 0. The van der Waals surface area contributed by atoms with Crippen LogP contribution in [0, 0.1) is 0 Å². The summed E-state index contributed by atoms with van der Waals surface area (Å²) in [5.74, 6) is 0. The molecule has 414 valence electrons. The number of benzene rings is 8. The molecule has 10 aromatic carbocycles. The van der Waals surface area contributed by atoms with E-state index in [1.807, 2.05) is 24.3 Å². The molecule has 0 nitrogen and oxygen atoms in total. The standard InChI is InChI=1S/2C26H29.2C13H10.2ClH.2Ti/c2*1-25(2,3)19-11-12-20-18(15-19)16-22-21(20)13-14-23(26(4,5)6)24(22)17-9-7-8-10-17;2*1-3-7-12(8-4-1)11-13-9-5-2-6-10-13;;;;/h2*7-9,11-16H,10H2,1-6H3;2*1-10H;2*1H;;/q2*-1;;;;;2*+1/p-2. The van der Waals surface area contributed by atoms with E-state index in [-0.39, 0.29) is 46.5 Å². The van der Waals surface area contributed by atoms with Gasteiger partial charge in [-0.3, -0.25) is 0 Å². The van der Waals surface area contributed by atoms with Gasteiger partial charge in [-0.05, 0) is 34.5 Å². The van der Waals surface area contributed by atoms with E-state index in [9.17, 15) is 0 Å². The van der Waals surface area contributed by atoms with Gasteiger partial charge in [-0.25, -0.2) is 0 Å². The zero-order valence-corrected chi connectivity index (χ0v) is 54.7. The second-order valence-electron chi connectivity index (χ2n) is 25.7. The van der Waals surface area contributed by atoms with Crippen LogP contribution in [0.5, 0.6) is 0 Å². The number of allylic oxidation sites excluding steroid dienone is 8. The fourth-order valence-electron chi connectivity index (χ4n) is 11.1. The summed E-state index contributed by atoms with van der Waals surface area (Å²) in [7, 11) is 0. The average Bonchev–Trinajstić information content (AvgIpc) is 4.48. The molecule has 0 aliphatic heterocycles. The molecule has 12 rings (SSSR count). The van der Waals surface area contributed by atoms with Gasteiger partial charge in [-0.2, -0.15) is 0 Å². The van der Waals surface area contributed by atoms with E-state index >= 15 is 0 Å². The third-order valence-electron chi connectivity index (χ3n) is 15.6. The Labute approximate surface area is 525 Å². The first-order valence-corrected chi connectivity index (χ1v) is 30.1. The molecular weight excluding hydrogens is 1100 g/mol. The van der Waals surface area contributed by atoms with Crippen molar-refractivity contribution in [3.05, 3.63) is 286 Å². The van der Waals surface area contributed by atoms with Crippen molar-refractivity contribution in [2.45, 2.75) is 118 Å². The van der Waals surface area contributed by atoms with Gasteiger partial charge in [0.2, 0.25) is 0 Å². The Morgan fingerprint density at radius 2 is 0.646 bits per heavy atom. The van der Waals surface area contributed by atoms with Gasteiger partial charge in [0, 0.05) is 0 Å². The van der Waals surface area contributed by atoms with Gasteiger partial charge < -0.3 is 24.8 Å². The zero-order valence-electron chi connectivity index (χ0n) is 50.1. The molecule has 4 heteroatoms. The molecule has 0 N–H and O–H groups in total. The molecule has 0 amide bonds. The van der Waals surface area contributed by atoms with Gasteiger partial charge in [-0.15, -0.1) is 67.4 Å². The van der Waals surface area contributed by atoms with Gasteiger partial charge in [0.25, 0.3) is 0 Å². The van der Waals surface area contributed by atoms with E-state index in [1.54, 1.807) is 0 Å². The van der Waals surface area contributed by atoms with E-state index in [0.717, 1.165) is 12.8 Å². The monoisotopic (exact) mass is 1180 g/mol. The van der Waals surface area contributed by atoms with Crippen molar-refractivity contribution >= 4 is 61.9 Å². The number of halogens is 2. The number of hydrogen-bond acceptors (Lipinski definition) is 0. The number of rotatable bonds is 6. The Balaban J connectivity index is 0.000000162. The molecule has 0 unspecified atom stereocenters. The number of fused-ring (bicyclic) bond motifs is 6. The van der Waals surface area contributed by atoms with Crippen LogP contribution in [0.1, 0.15) is 152 Å². The Hall–Kier alpha value is -5.79. The third-order valence-corrected chi connectivity index (χ3v) is 17.4. The maximum atomic E-state index is 2.42. The fraction of sp³-hybridized carbons (Fsp3) is 0.231. The normalized spacial score (nSPS) is 13.0. The van der Waals surface area contributed by atoms with Crippen molar-refractivity contribution in [1.29, 1.82) is 0 Å². The first-order valence-electron chi connectivity index (χ1n) is 28.5. The Kier molecular flexibility index (Phi) is 20.9. The van der Waals surface area contributed by atoms with Crippen LogP contribution in [0.15, 0.2) is 231 Å². The summed E-state index contributed by atoms with van der Waals surface area (Å²) in [6.45, 7) is 27.6. The molecule has 0 spiro atoms. The van der Waals surface area contributed by atoms with Crippen LogP contribution in [0.3, 0.4) is 0 Å². The van der Waals surface area contributed by atoms with E-state index < -0.39 is 0 Å². The van der Waals surface area contributed by atoms with E-state index in [2.05, 4.69) is 329 Å². The number of hydrogen-bond donors (Lipinski definition) is 0. The molecule has 0 aromatic heterocycles. The summed E-state index contributed by atoms with van der Waals surface area (Å²) in [6, 6.07) is 70.1. The first-order chi connectivity index (χ1) is 38.1. The van der Waals surface area contributed by atoms with Gasteiger partial charge in [0.05, 0.1) is 0 Å². The summed E-state index contributed by atoms with van der Waals surface area (Å²) in [6.07, 6.45) is 15.6. The zero-order chi connectivity index (χ0) is 57.0. The summed E-state index contributed by atoms with van der Waals surface area (Å²) in [5.41, 5.74) is 17.3. The molecule has 82 heavy (non-hydrogen) atoms. The molecule has 0 bridgehead atoms. The molecule has 0 saturated carbocycles. The van der Waals surface area contributed by atoms with Crippen molar-refractivity contribution < 1.29 is 64.8 Å². The van der Waals surface area contributed by atoms with Crippen LogP contribution >= 0.6 is 0 Å². The molecule has 0 atom stereocenters. The molecule has 0 heterocycles. The first kappa shape index (κ1) is 63.8. The maximum absolute atomic E-state index is 2.42. The Morgan fingerprint density at radius 1 is 0.354 bits per heavy atom. The predicted octanol–water partition coefficient (Wildman–Crippen LogP) is 14.9. The molecule has 10 aromatic rings. The van der Waals surface area contributed by atoms with Crippen LogP contribution in [0.25, 0.3) is 54.2 Å². The van der Waals surface area contributed by atoms with Gasteiger partial charge >= 0.3 is 191 Å². The fourth-order valence-corrected chi connectivity index (χ4v) is 12.1. The van der Waals surface area contributed by atoms with Crippen molar-refractivity contribution in [2.24, 2.45) is 0 Å². The van der Waals surface area contributed by atoms with Gasteiger partial charge in [0.1, 0.15) is 0 Å². The van der Waals surface area contributed by atoms with Crippen LogP contribution in [0.2, 0.25) is 0 Å². The average molecular weight is 1180 g/mol. The summed E-state index contributed by atoms with van der Waals surface area (Å²) >= 11 is 4.31. The van der Waals surface area contributed by atoms with Crippen molar-refractivity contribution in [2.75, 3.05) is 0 Å². The van der Waals surface area contributed by atoms with E-state index in [4.69, 9.17) is 0 Å². The summed E-state index contributed by atoms with van der Waals surface area (Å²) in [4.78, 5) is 0. The molecule has 2 aliphatic carbocycles. The second kappa shape index (κ2) is 26.8. The van der Waals surface area contributed by atoms with Crippen molar-refractivity contribution in [3.63, 3.8) is 0 Å². The van der Waals surface area contributed by atoms with E-state index in [0.29, 0.717) is 0 Å². The van der Waals surface area contributed by atoms with Gasteiger partial charge in [-0.1, -0.05) is 213 Å². The van der Waals surface area contributed by atoms with E-state index in [1.165, 1.54) is 117 Å². The SMILES string of the molecule is CC(C)(C)c1ccc2c(c1)[cH-]c1c(C3=CC=CC3)c(C(C)(C)C)ccc12.CC(C)(C)c1ccc2c(c1)[cH-]c1c(C3=CC=CC3)c(C(C)(C)C)ccc12.[Cl-].[Cl-].[Ti+]=[C](c1ccccc1)c1ccccc1.[Ti+]=[C](c1ccccc1)c1ccccc1. The molecule has 0 fully saturated rings. The molecular formula is C78H78Cl2Ti2-2.